The summed E-state index contributed by atoms with van der Waals surface area (Å²) in [6, 6.07) is 3.75. The van der Waals surface area contributed by atoms with Crippen LogP contribution in [0.4, 0.5) is 5.69 Å². The van der Waals surface area contributed by atoms with Crippen molar-refractivity contribution in [2.45, 2.75) is 33.1 Å². The lowest BCUT2D eigenvalue weighted by atomic mass is 9.99. The number of piperidine rings is 1. The van der Waals surface area contributed by atoms with E-state index in [4.69, 9.17) is 0 Å². The molecule has 1 aliphatic heterocycles. The fourth-order valence-corrected chi connectivity index (χ4v) is 2.27. The van der Waals surface area contributed by atoms with Gasteiger partial charge in [-0.25, -0.2) is 4.98 Å². The van der Waals surface area contributed by atoms with Crippen LogP contribution in [0.25, 0.3) is 0 Å². The van der Waals surface area contributed by atoms with Crippen molar-refractivity contribution in [3.8, 4) is 0 Å². The summed E-state index contributed by atoms with van der Waals surface area (Å²) in [6.07, 6.45) is 5.02. The minimum atomic E-state index is 0.0638. The highest BCUT2D eigenvalue weighted by molar-refractivity contribution is 5.92. The fourth-order valence-electron chi connectivity index (χ4n) is 2.27. The van der Waals surface area contributed by atoms with Crippen LogP contribution >= 0.6 is 0 Å². The Balaban J connectivity index is 1.95. The molecule has 1 aliphatic rings. The molecule has 0 unspecified atom stereocenters. The molecule has 0 atom stereocenters. The van der Waals surface area contributed by atoms with Crippen LogP contribution in [0.2, 0.25) is 0 Å². The molecule has 0 saturated carbocycles. The molecule has 1 fully saturated rings. The summed E-state index contributed by atoms with van der Waals surface area (Å²) in [5.74, 6) is 0.798. The molecule has 1 saturated heterocycles. The van der Waals surface area contributed by atoms with Crippen LogP contribution in [0.1, 0.15) is 43.6 Å². The maximum absolute atomic E-state index is 12.3. The summed E-state index contributed by atoms with van der Waals surface area (Å²) in [5, 5.41) is 3.26. The van der Waals surface area contributed by atoms with Crippen LogP contribution in [-0.4, -0.2) is 35.4 Å². The van der Waals surface area contributed by atoms with Crippen LogP contribution in [-0.2, 0) is 0 Å². The van der Waals surface area contributed by atoms with Crippen molar-refractivity contribution in [2.75, 3.05) is 25.0 Å². The molecule has 2 heterocycles. The minimum Gasteiger partial charge on any atom is -0.384 e. The number of aromatic nitrogens is 1. The molecule has 0 aliphatic carbocycles. The third-order valence-corrected chi connectivity index (χ3v) is 3.63. The van der Waals surface area contributed by atoms with E-state index in [2.05, 4.69) is 24.1 Å². The fraction of sp³-hybridized carbons (Fsp3) is 0.600. The smallest absolute Gasteiger partial charge is 0.272 e. The second-order valence-corrected chi connectivity index (χ2v) is 5.33. The number of likely N-dealkylation sites (tertiary alicyclic amines) is 1. The number of carbonyl (C=O) groups excluding carboxylic acids is 1. The van der Waals surface area contributed by atoms with Crippen LogP contribution in [0.5, 0.6) is 0 Å². The highest BCUT2D eigenvalue weighted by Crippen LogP contribution is 2.18. The van der Waals surface area contributed by atoms with Gasteiger partial charge in [0.15, 0.2) is 0 Å². The van der Waals surface area contributed by atoms with Crippen molar-refractivity contribution in [1.82, 2.24) is 9.88 Å². The summed E-state index contributed by atoms with van der Waals surface area (Å²) in [6.45, 7) is 7.01. The van der Waals surface area contributed by atoms with Crippen molar-refractivity contribution < 1.29 is 4.79 Å². The predicted molar refractivity (Wildman–Crippen MR) is 77.3 cm³/mol. The van der Waals surface area contributed by atoms with Gasteiger partial charge < -0.3 is 10.2 Å². The van der Waals surface area contributed by atoms with Gasteiger partial charge >= 0.3 is 0 Å². The van der Waals surface area contributed by atoms with Crippen molar-refractivity contribution in [2.24, 2.45) is 5.92 Å². The molecule has 1 aromatic rings. The molecule has 1 N–H and O–H groups in total. The number of carbonyl (C=O) groups is 1. The number of anilines is 1. The number of hydrogen-bond donors (Lipinski definition) is 1. The van der Waals surface area contributed by atoms with Gasteiger partial charge in [-0.2, -0.15) is 0 Å². The monoisotopic (exact) mass is 261 g/mol. The van der Waals surface area contributed by atoms with Gasteiger partial charge in [0.05, 0.1) is 11.9 Å². The van der Waals surface area contributed by atoms with E-state index in [1.165, 1.54) is 0 Å². The Hall–Kier alpha value is -1.58. The summed E-state index contributed by atoms with van der Waals surface area (Å²) >= 11 is 0. The largest absolute Gasteiger partial charge is 0.384 e. The number of pyridine rings is 1. The van der Waals surface area contributed by atoms with E-state index >= 15 is 0 Å². The van der Waals surface area contributed by atoms with Crippen molar-refractivity contribution in [3.05, 3.63) is 24.0 Å². The van der Waals surface area contributed by atoms with E-state index in [1.54, 1.807) is 6.20 Å². The molecule has 104 valence electrons. The lowest BCUT2D eigenvalue weighted by molar-refractivity contribution is 0.0691. The van der Waals surface area contributed by atoms with Gasteiger partial charge in [0.1, 0.15) is 5.69 Å². The quantitative estimate of drug-likeness (QED) is 0.906. The number of nitrogens with one attached hydrogen (secondary N) is 1. The van der Waals surface area contributed by atoms with Gasteiger partial charge in [0.25, 0.3) is 5.91 Å². The minimum absolute atomic E-state index is 0.0638. The molecular weight excluding hydrogens is 238 g/mol. The third-order valence-electron chi connectivity index (χ3n) is 3.63. The number of rotatable bonds is 4. The summed E-state index contributed by atoms with van der Waals surface area (Å²) < 4.78 is 0. The van der Waals surface area contributed by atoms with Gasteiger partial charge in [-0.3, -0.25) is 4.79 Å². The molecule has 0 radical (unpaired) electrons. The van der Waals surface area contributed by atoms with Gasteiger partial charge in [-0.1, -0.05) is 13.8 Å². The molecule has 2 rings (SSSR count). The Morgan fingerprint density at radius 1 is 1.42 bits per heavy atom. The SMILES string of the molecule is CCCNc1ccc(C(=O)N2CCC(C)CC2)nc1. The number of hydrogen-bond acceptors (Lipinski definition) is 3. The first-order chi connectivity index (χ1) is 9.20. The first-order valence-electron chi connectivity index (χ1n) is 7.20. The van der Waals surface area contributed by atoms with Gasteiger partial charge in [0, 0.05) is 19.6 Å². The first-order valence-corrected chi connectivity index (χ1v) is 7.20. The molecule has 1 aromatic heterocycles. The molecule has 19 heavy (non-hydrogen) atoms. The van der Waals surface area contributed by atoms with E-state index in [1.807, 2.05) is 17.0 Å². The van der Waals surface area contributed by atoms with Crippen molar-refractivity contribution >= 4 is 11.6 Å². The highest BCUT2D eigenvalue weighted by atomic mass is 16.2. The van der Waals surface area contributed by atoms with Crippen molar-refractivity contribution in [1.29, 1.82) is 0 Å². The summed E-state index contributed by atoms with van der Waals surface area (Å²) in [5.41, 5.74) is 1.53. The highest BCUT2D eigenvalue weighted by Gasteiger charge is 2.21. The predicted octanol–water partition coefficient (Wildman–Crippen LogP) is 2.78. The lowest BCUT2D eigenvalue weighted by Gasteiger charge is -2.30. The third kappa shape index (κ3) is 3.69. The van der Waals surface area contributed by atoms with E-state index < -0.39 is 0 Å². The zero-order valence-corrected chi connectivity index (χ0v) is 11.9. The molecular formula is C15H23N3O. The molecule has 1 amide bonds. The maximum Gasteiger partial charge on any atom is 0.272 e. The zero-order valence-electron chi connectivity index (χ0n) is 11.9. The second kappa shape index (κ2) is 6.55. The van der Waals surface area contributed by atoms with Gasteiger partial charge in [-0.05, 0) is 37.3 Å². The first kappa shape index (κ1) is 13.8. The Morgan fingerprint density at radius 3 is 2.74 bits per heavy atom. The molecule has 0 bridgehead atoms. The number of nitrogens with zero attached hydrogens (tertiary/aromatic N) is 2. The van der Waals surface area contributed by atoms with E-state index in [-0.39, 0.29) is 5.91 Å². The summed E-state index contributed by atoms with van der Waals surface area (Å²) in [7, 11) is 0. The lowest BCUT2D eigenvalue weighted by Crippen LogP contribution is -2.38. The topological polar surface area (TPSA) is 45.2 Å². The standard InChI is InChI=1S/C15H23N3O/c1-3-8-16-13-4-5-14(17-11-13)15(19)18-9-6-12(2)7-10-18/h4-5,11-12,16H,3,6-10H2,1-2H3. The average molecular weight is 261 g/mol. The van der Waals surface area contributed by atoms with Crippen LogP contribution in [0.3, 0.4) is 0 Å². The Kier molecular flexibility index (Phi) is 4.77. The van der Waals surface area contributed by atoms with Gasteiger partial charge in [-0.15, -0.1) is 0 Å². The second-order valence-electron chi connectivity index (χ2n) is 5.33. The summed E-state index contributed by atoms with van der Waals surface area (Å²) in [4.78, 5) is 18.5. The van der Waals surface area contributed by atoms with Crippen molar-refractivity contribution in [3.63, 3.8) is 0 Å². The normalized spacial score (nSPS) is 16.4. The van der Waals surface area contributed by atoms with Gasteiger partial charge in [0.2, 0.25) is 0 Å². The van der Waals surface area contributed by atoms with Crippen LogP contribution < -0.4 is 5.32 Å². The van der Waals surface area contributed by atoms with E-state index in [0.717, 1.165) is 50.5 Å². The molecule has 4 heteroatoms. The Bertz CT molecular complexity index is 408. The van der Waals surface area contributed by atoms with E-state index in [9.17, 15) is 4.79 Å². The maximum atomic E-state index is 12.3. The number of amides is 1. The molecule has 0 aromatic carbocycles. The zero-order chi connectivity index (χ0) is 13.7. The van der Waals surface area contributed by atoms with Crippen LogP contribution in [0.15, 0.2) is 18.3 Å². The molecule has 0 spiro atoms. The molecule has 4 nitrogen and oxygen atoms in total. The van der Waals surface area contributed by atoms with Crippen LogP contribution in [0, 0.1) is 5.92 Å². The Morgan fingerprint density at radius 2 is 2.16 bits per heavy atom. The van der Waals surface area contributed by atoms with E-state index in [0.29, 0.717) is 5.69 Å². The Labute approximate surface area is 115 Å². The average Bonchev–Trinajstić information content (AvgIpc) is 2.46.